The smallest absolute Gasteiger partial charge is 0.242 e. The third kappa shape index (κ3) is 4.79. The van der Waals surface area contributed by atoms with Crippen molar-refractivity contribution >= 4 is 21.6 Å². The van der Waals surface area contributed by atoms with Gasteiger partial charge in [0.2, 0.25) is 10.0 Å². The number of rotatable bonds is 5. The predicted molar refractivity (Wildman–Crippen MR) is 96.5 cm³/mol. The SMILES string of the molecule is O=S(=O)(NC1CCN(Cc2ccccc2)CC1)c1ccc(F)cc1Cl. The van der Waals surface area contributed by atoms with Crippen LogP contribution in [0.1, 0.15) is 18.4 Å². The van der Waals surface area contributed by atoms with Gasteiger partial charge in [-0.1, -0.05) is 41.9 Å². The zero-order valence-corrected chi connectivity index (χ0v) is 15.2. The molecular formula is C18H20ClFN2O2S. The molecule has 0 atom stereocenters. The van der Waals surface area contributed by atoms with E-state index in [0.717, 1.165) is 44.6 Å². The van der Waals surface area contributed by atoms with E-state index >= 15 is 0 Å². The molecule has 0 spiro atoms. The molecule has 0 unspecified atom stereocenters. The number of halogens is 2. The highest BCUT2D eigenvalue weighted by atomic mass is 35.5. The number of likely N-dealkylation sites (tertiary alicyclic amines) is 1. The summed E-state index contributed by atoms with van der Waals surface area (Å²) in [5.74, 6) is -0.557. The van der Waals surface area contributed by atoms with Crippen LogP contribution in [0.4, 0.5) is 4.39 Å². The number of nitrogens with zero attached hydrogens (tertiary/aromatic N) is 1. The molecule has 1 N–H and O–H groups in total. The van der Waals surface area contributed by atoms with Gasteiger partial charge in [-0.15, -0.1) is 0 Å². The van der Waals surface area contributed by atoms with Gasteiger partial charge in [-0.3, -0.25) is 4.90 Å². The Bertz CT molecular complexity index is 822. The van der Waals surface area contributed by atoms with Crippen molar-refractivity contribution in [2.45, 2.75) is 30.3 Å². The van der Waals surface area contributed by atoms with Crippen LogP contribution >= 0.6 is 11.6 Å². The van der Waals surface area contributed by atoms with Crippen molar-refractivity contribution in [3.05, 3.63) is 64.9 Å². The van der Waals surface area contributed by atoms with Gasteiger partial charge in [0.05, 0.1) is 5.02 Å². The van der Waals surface area contributed by atoms with Crippen molar-refractivity contribution < 1.29 is 12.8 Å². The average molecular weight is 383 g/mol. The van der Waals surface area contributed by atoms with Crippen LogP contribution in [-0.4, -0.2) is 32.4 Å². The quantitative estimate of drug-likeness (QED) is 0.862. The fraction of sp³-hybridized carbons (Fsp3) is 0.333. The van der Waals surface area contributed by atoms with Crippen LogP contribution < -0.4 is 4.72 Å². The minimum Gasteiger partial charge on any atom is -0.299 e. The normalized spacial score (nSPS) is 16.9. The van der Waals surface area contributed by atoms with Gasteiger partial charge in [0.1, 0.15) is 10.7 Å². The number of sulfonamides is 1. The van der Waals surface area contributed by atoms with Crippen LogP contribution in [0.5, 0.6) is 0 Å². The molecule has 0 aromatic heterocycles. The lowest BCUT2D eigenvalue weighted by molar-refractivity contribution is 0.200. The van der Waals surface area contributed by atoms with Gasteiger partial charge in [0.25, 0.3) is 0 Å². The minimum absolute atomic E-state index is 0.0812. The third-order valence-corrected chi connectivity index (χ3v) is 6.35. The molecule has 3 rings (SSSR count). The molecule has 1 fully saturated rings. The Morgan fingerprint density at radius 3 is 2.44 bits per heavy atom. The Labute approximate surface area is 152 Å². The van der Waals surface area contributed by atoms with Crippen LogP contribution in [0.15, 0.2) is 53.4 Å². The minimum atomic E-state index is -3.75. The molecule has 0 amide bonds. The first-order chi connectivity index (χ1) is 11.9. The molecule has 2 aromatic rings. The van der Waals surface area contributed by atoms with Crippen LogP contribution in [0.25, 0.3) is 0 Å². The number of piperidine rings is 1. The van der Waals surface area contributed by atoms with E-state index in [4.69, 9.17) is 11.6 Å². The predicted octanol–water partition coefficient (Wildman–Crippen LogP) is 3.42. The first-order valence-corrected chi connectivity index (χ1v) is 10.0. The van der Waals surface area contributed by atoms with Crippen LogP contribution in [0, 0.1) is 5.82 Å². The monoisotopic (exact) mass is 382 g/mol. The maximum atomic E-state index is 13.1. The summed E-state index contributed by atoms with van der Waals surface area (Å²) in [5, 5.41) is -0.103. The van der Waals surface area contributed by atoms with Crippen LogP contribution in [0.2, 0.25) is 5.02 Å². The van der Waals surface area contributed by atoms with Crippen molar-refractivity contribution in [2.24, 2.45) is 0 Å². The molecule has 2 aromatic carbocycles. The van der Waals surface area contributed by atoms with Gasteiger partial charge in [-0.25, -0.2) is 17.5 Å². The number of hydrogen-bond acceptors (Lipinski definition) is 3. The lowest BCUT2D eigenvalue weighted by atomic mass is 10.1. The number of hydrogen-bond donors (Lipinski definition) is 1. The molecule has 25 heavy (non-hydrogen) atoms. The summed E-state index contributed by atoms with van der Waals surface area (Å²) >= 11 is 5.88. The molecule has 1 aliphatic rings. The Morgan fingerprint density at radius 1 is 1.12 bits per heavy atom. The highest BCUT2D eigenvalue weighted by Crippen LogP contribution is 2.23. The Hall–Kier alpha value is -1.47. The van der Waals surface area contributed by atoms with Gasteiger partial charge >= 0.3 is 0 Å². The molecule has 7 heteroatoms. The van der Waals surface area contributed by atoms with Gasteiger partial charge in [-0.05, 0) is 36.6 Å². The molecule has 4 nitrogen and oxygen atoms in total. The molecular weight excluding hydrogens is 363 g/mol. The van der Waals surface area contributed by atoms with E-state index in [9.17, 15) is 12.8 Å². The van der Waals surface area contributed by atoms with Crippen LogP contribution in [-0.2, 0) is 16.6 Å². The van der Waals surface area contributed by atoms with Gasteiger partial charge in [-0.2, -0.15) is 0 Å². The van der Waals surface area contributed by atoms with E-state index in [1.54, 1.807) is 0 Å². The number of nitrogens with one attached hydrogen (secondary N) is 1. The molecule has 134 valence electrons. The Balaban J connectivity index is 1.58. The lowest BCUT2D eigenvalue weighted by Crippen LogP contribution is -2.44. The van der Waals surface area contributed by atoms with Crippen molar-refractivity contribution in [3.63, 3.8) is 0 Å². The first kappa shape index (κ1) is 18.3. The van der Waals surface area contributed by atoms with E-state index in [0.29, 0.717) is 0 Å². The zero-order chi connectivity index (χ0) is 17.9. The zero-order valence-electron chi connectivity index (χ0n) is 13.7. The van der Waals surface area contributed by atoms with Crippen molar-refractivity contribution in [1.82, 2.24) is 9.62 Å². The van der Waals surface area contributed by atoms with E-state index in [1.165, 1.54) is 11.6 Å². The van der Waals surface area contributed by atoms with Crippen molar-refractivity contribution in [3.8, 4) is 0 Å². The van der Waals surface area contributed by atoms with Gasteiger partial charge in [0, 0.05) is 25.7 Å². The second-order valence-electron chi connectivity index (χ2n) is 6.23. The Morgan fingerprint density at radius 2 is 1.80 bits per heavy atom. The molecule has 0 saturated carbocycles. The molecule has 0 bridgehead atoms. The topological polar surface area (TPSA) is 49.4 Å². The molecule has 1 aliphatic heterocycles. The van der Waals surface area contributed by atoms with Crippen LogP contribution in [0.3, 0.4) is 0 Å². The fourth-order valence-electron chi connectivity index (χ4n) is 3.03. The lowest BCUT2D eigenvalue weighted by Gasteiger charge is -2.32. The second-order valence-corrected chi connectivity index (χ2v) is 8.32. The summed E-state index contributed by atoms with van der Waals surface area (Å²) in [5.41, 5.74) is 1.25. The van der Waals surface area contributed by atoms with E-state index in [2.05, 4.69) is 21.8 Å². The summed E-state index contributed by atoms with van der Waals surface area (Å²) in [6, 6.07) is 13.4. The Kier molecular flexibility index (Phi) is 5.74. The third-order valence-electron chi connectivity index (χ3n) is 4.34. The summed E-state index contributed by atoms with van der Waals surface area (Å²) in [6.45, 7) is 2.50. The van der Waals surface area contributed by atoms with Crippen molar-refractivity contribution in [1.29, 1.82) is 0 Å². The maximum Gasteiger partial charge on any atom is 0.242 e. The highest BCUT2D eigenvalue weighted by Gasteiger charge is 2.26. The molecule has 0 aliphatic carbocycles. The van der Waals surface area contributed by atoms with E-state index in [1.807, 2.05) is 18.2 Å². The largest absolute Gasteiger partial charge is 0.299 e. The summed E-state index contributed by atoms with van der Waals surface area (Å²) < 4.78 is 40.8. The summed E-state index contributed by atoms with van der Waals surface area (Å²) in [6.07, 6.45) is 1.45. The first-order valence-electron chi connectivity index (χ1n) is 8.18. The maximum absolute atomic E-state index is 13.1. The second kappa shape index (κ2) is 7.83. The molecule has 0 radical (unpaired) electrons. The molecule has 1 heterocycles. The molecule has 1 saturated heterocycles. The van der Waals surface area contributed by atoms with Crippen molar-refractivity contribution in [2.75, 3.05) is 13.1 Å². The number of benzene rings is 2. The van der Waals surface area contributed by atoms with E-state index in [-0.39, 0.29) is 16.0 Å². The van der Waals surface area contributed by atoms with E-state index < -0.39 is 15.8 Å². The standard InChI is InChI=1S/C18H20ClFN2O2S/c19-17-12-15(20)6-7-18(17)25(23,24)21-16-8-10-22(11-9-16)13-14-4-2-1-3-5-14/h1-7,12,16,21H,8-11,13H2. The summed E-state index contributed by atoms with van der Waals surface area (Å²) in [4.78, 5) is 2.23. The van der Waals surface area contributed by atoms with Gasteiger partial charge < -0.3 is 0 Å². The van der Waals surface area contributed by atoms with Gasteiger partial charge in [0.15, 0.2) is 0 Å². The average Bonchev–Trinajstić information content (AvgIpc) is 2.57. The summed E-state index contributed by atoms with van der Waals surface area (Å²) in [7, 11) is -3.75. The highest BCUT2D eigenvalue weighted by molar-refractivity contribution is 7.89. The fourth-order valence-corrected chi connectivity index (χ4v) is 4.86.